The molecule has 1 fully saturated rings. The summed E-state index contributed by atoms with van der Waals surface area (Å²) in [7, 11) is 0. The lowest BCUT2D eigenvalue weighted by Crippen LogP contribution is -2.38. The number of ether oxygens (including phenoxy) is 1. The number of aliphatic carboxylic acids is 1. The Morgan fingerprint density at radius 2 is 1.74 bits per heavy atom. The van der Waals surface area contributed by atoms with Gasteiger partial charge >= 0.3 is 11.9 Å². The summed E-state index contributed by atoms with van der Waals surface area (Å²) in [5.74, 6) is -1.93. The van der Waals surface area contributed by atoms with E-state index in [0.29, 0.717) is 0 Å². The minimum absolute atomic E-state index is 0.0247. The van der Waals surface area contributed by atoms with E-state index in [9.17, 15) is 14.7 Å². The van der Waals surface area contributed by atoms with Crippen molar-refractivity contribution in [2.75, 3.05) is 0 Å². The molecule has 1 rings (SSSR count). The maximum Gasteiger partial charge on any atom is 0.307 e. The zero-order valence-corrected chi connectivity index (χ0v) is 12.5. The summed E-state index contributed by atoms with van der Waals surface area (Å²) in [5.41, 5.74) is -0.839. The predicted octanol–water partition coefficient (Wildman–Crippen LogP) is 3.39. The fourth-order valence-corrected chi connectivity index (χ4v) is 2.89. The van der Waals surface area contributed by atoms with Gasteiger partial charge in [0.15, 0.2) is 0 Å². The van der Waals surface area contributed by atoms with Crippen LogP contribution in [0.25, 0.3) is 0 Å². The molecule has 0 radical (unpaired) electrons. The fraction of sp³-hybridized carbons (Fsp3) is 0.867. The molecule has 4 nitrogen and oxygen atoms in total. The Balaban J connectivity index is 2.73. The van der Waals surface area contributed by atoms with Gasteiger partial charge in [-0.3, -0.25) is 9.59 Å². The largest absolute Gasteiger partial charge is 0.481 e. The van der Waals surface area contributed by atoms with E-state index < -0.39 is 23.5 Å². The van der Waals surface area contributed by atoms with Crippen molar-refractivity contribution in [3.8, 4) is 0 Å². The molecule has 0 saturated heterocycles. The van der Waals surface area contributed by atoms with Crippen LogP contribution in [-0.4, -0.2) is 22.6 Å². The van der Waals surface area contributed by atoms with Crippen molar-refractivity contribution in [3.05, 3.63) is 0 Å². The van der Waals surface area contributed by atoms with Crippen LogP contribution in [0.3, 0.4) is 0 Å². The van der Waals surface area contributed by atoms with Crippen LogP contribution in [0.1, 0.15) is 66.2 Å². The monoisotopic (exact) mass is 270 g/mol. The highest BCUT2D eigenvalue weighted by molar-refractivity contribution is 5.79. The molecule has 0 aromatic rings. The van der Waals surface area contributed by atoms with Crippen LogP contribution in [0, 0.1) is 11.3 Å². The van der Waals surface area contributed by atoms with Gasteiger partial charge in [0.2, 0.25) is 0 Å². The molecule has 0 aromatic carbocycles. The maximum absolute atomic E-state index is 11.9. The molecule has 110 valence electrons. The van der Waals surface area contributed by atoms with Crippen molar-refractivity contribution < 1.29 is 19.4 Å². The average Bonchev–Trinajstić information content (AvgIpc) is 2.24. The van der Waals surface area contributed by atoms with Crippen LogP contribution >= 0.6 is 0 Å². The third kappa shape index (κ3) is 4.84. The minimum atomic E-state index is -0.879. The first-order chi connectivity index (χ1) is 8.64. The van der Waals surface area contributed by atoms with Gasteiger partial charge in [-0.05, 0) is 39.0 Å². The van der Waals surface area contributed by atoms with Crippen molar-refractivity contribution in [1.82, 2.24) is 0 Å². The lowest BCUT2D eigenvalue weighted by Gasteiger charge is -2.38. The van der Waals surface area contributed by atoms with Crippen molar-refractivity contribution >= 4 is 11.9 Å². The molecule has 19 heavy (non-hydrogen) atoms. The Hall–Kier alpha value is -1.06. The Labute approximate surface area is 115 Å². The normalized spacial score (nSPS) is 20.6. The van der Waals surface area contributed by atoms with Gasteiger partial charge in [-0.25, -0.2) is 0 Å². The highest BCUT2D eigenvalue weighted by Crippen LogP contribution is 2.44. The fourth-order valence-electron chi connectivity index (χ4n) is 2.89. The van der Waals surface area contributed by atoms with Gasteiger partial charge in [-0.15, -0.1) is 0 Å². The molecule has 0 spiro atoms. The zero-order chi connectivity index (χ0) is 14.7. The van der Waals surface area contributed by atoms with E-state index in [-0.39, 0.29) is 11.8 Å². The molecule has 0 amide bonds. The molecule has 0 unspecified atom stereocenters. The molecule has 0 aromatic heterocycles. The molecule has 1 aliphatic rings. The quantitative estimate of drug-likeness (QED) is 0.795. The second-order valence-corrected chi connectivity index (χ2v) is 6.90. The summed E-state index contributed by atoms with van der Waals surface area (Å²) in [6.45, 7) is 7.38. The van der Waals surface area contributed by atoms with Gasteiger partial charge in [-0.1, -0.05) is 26.2 Å². The van der Waals surface area contributed by atoms with Gasteiger partial charge in [-0.2, -0.15) is 0 Å². The van der Waals surface area contributed by atoms with Crippen LogP contribution in [0.2, 0.25) is 0 Å². The maximum atomic E-state index is 11.9. The van der Waals surface area contributed by atoms with Crippen molar-refractivity contribution in [2.45, 2.75) is 71.8 Å². The summed E-state index contributed by atoms with van der Waals surface area (Å²) >= 11 is 0. The SMILES string of the molecule is CC(C)(C)OC(=O)C[C@H](C(=O)O)C1(C)CCCCC1. The molecule has 0 heterocycles. The van der Waals surface area contributed by atoms with Gasteiger partial charge in [0.05, 0.1) is 12.3 Å². The van der Waals surface area contributed by atoms with E-state index in [1.165, 1.54) is 0 Å². The molecule has 1 aliphatic carbocycles. The molecular formula is C15H26O4. The van der Waals surface area contributed by atoms with E-state index in [4.69, 9.17) is 4.74 Å². The standard InChI is InChI=1S/C15H26O4/c1-14(2,3)19-12(16)10-11(13(17)18)15(4)8-6-5-7-9-15/h11H,5-10H2,1-4H3,(H,17,18)/t11-/m1/s1. The molecule has 4 heteroatoms. The van der Waals surface area contributed by atoms with E-state index in [1.54, 1.807) is 20.8 Å². The topological polar surface area (TPSA) is 63.6 Å². The van der Waals surface area contributed by atoms with Gasteiger partial charge in [0.1, 0.15) is 5.60 Å². The van der Waals surface area contributed by atoms with Gasteiger partial charge < -0.3 is 9.84 Å². The summed E-state index contributed by atoms with van der Waals surface area (Å²) in [6, 6.07) is 0. The second kappa shape index (κ2) is 5.93. The lowest BCUT2D eigenvalue weighted by atomic mass is 9.66. The number of carboxylic acids is 1. The molecule has 0 aliphatic heterocycles. The van der Waals surface area contributed by atoms with E-state index in [0.717, 1.165) is 32.1 Å². The Bertz CT molecular complexity index is 335. The number of carbonyl (C=O) groups is 2. The van der Waals surface area contributed by atoms with Gasteiger partial charge in [0, 0.05) is 0 Å². The number of rotatable bonds is 4. The first-order valence-corrected chi connectivity index (χ1v) is 7.09. The van der Waals surface area contributed by atoms with Crippen molar-refractivity contribution in [1.29, 1.82) is 0 Å². The third-order valence-electron chi connectivity index (χ3n) is 3.93. The molecule has 1 N–H and O–H groups in total. The third-order valence-corrected chi connectivity index (χ3v) is 3.93. The summed E-state index contributed by atoms with van der Waals surface area (Å²) in [5, 5.41) is 9.43. The Kier molecular flexibility index (Phi) is 4.99. The van der Waals surface area contributed by atoms with Crippen LogP contribution in [0.5, 0.6) is 0 Å². The first-order valence-electron chi connectivity index (χ1n) is 7.09. The van der Waals surface area contributed by atoms with Crippen LogP contribution in [0.15, 0.2) is 0 Å². The van der Waals surface area contributed by atoms with Crippen molar-refractivity contribution in [2.24, 2.45) is 11.3 Å². The van der Waals surface area contributed by atoms with E-state index in [1.807, 2.05) is 6.92 Å². The van der Waals surface area contributed by atoms with Gasteiger partial charge in [0.25, 0.3) is 0 Å². The number of carboxylic acid groups (broad SMARTS) is 1. The molecule has 1 saturated carbocycles. The first kappa shape index (κ1) is 16.0. The Morgan fingerprint density at radius 3 is 2.16 bits per heavy atom. The molecule has 1 atom stereocenters. The summed E-state index contributed by atoms with van der Waals surface area (Å²) in [4.78, 5) is 23.4. The predicted molar refractivity (Wildman–Crippen MR) is 72.8 cm³/mol. The van der Waals surface area contributed by atoms with E-state index >= 15 is 0 Å². The van der Waals surface area contributed by atoms with E-state index in [2.05, 4.69) is 0 Å². The van der Waals surface area contributed by atoms with Crippen LogP contribution < -0.4 is 0 Å². The number of hydrogen-bond donors (Lipinski definition) is 1. The lowest BCUT2D eigenvalue weighted by molar-refractivity contribution is -0.163. The molecular weight excluding hydrogens is 244 g/mol. The summed E-state index contributed by atoms with van der Waals surface area (Å²) < 4.78 is 5.25. The highest BCUT2D eigenvalue weighted by atomic mass is 16.6. The summed E-state index contributed by atoms with van der Waals surface area (Å²) in [6.07, 6.45) is 5.00. The average molecular weight is 270 g/mol. The Morgan fingerprint density at radius 1 is 1.21 bits per heavy atom. The number of hydrogen-bond acceptors (Lipinski definition) is 3. The van der Waals surface area contributed by atoms with Crippen LogP contribution in [-0.2, 0) is 14.3 Å². The number of carbonyl (C=O) groups excluding carboxylic acids is 1. The van der Waals surface area contributed by atoms with Crippen LogP contribution in [0.4, 0.5) is 0 Å². The second-order valence-electron chi connectivity index (χ2n) is 6.90. The van der Waals surface area contributed by atoms with Crippen molar-refractivity contribution in [3.63, 3.8) is 0 Å². The highest BCUT2D eigenvalue weighted by Gasteiger charge is 2.41. The number of esters is 1. The molecule has 0 bridgehead atoms. The smallest absolute Gasteiger partial charge is 0.307 e. The minimum Gasteiger partial charge on any atom is -0.481 e. The zero-order valence-electron chi connectivity index (χ0n) is 12.5.